The van der Waals surface area contributed by atoms with Crippen molar-refractivity contribution >= 4 is 5.91 Å². The number of hydrogen-bond acceptors (Lipinski definition) is 4. The Morgan fingerprint density at radius 3 is 2.95 bits per heavy atom. The van der Waals surface area contributed by atoms with E-state index < -0.39 is 0 Å². The highest BCUT2D eigenvalue weighted by Gasteiger charge is 2.30. The Labute approximate surface area is 131 Å². The summed E-state index contributed by atoms with van der Waals surface area (Å²) in [6, 6.07) is 5.82. The normalized spacial score (nSPS) is 19.7. The maximum absolute atomic E-state index is 12.7. The van der Waals surface area contributed by atoms with Crippen molar-refractivity contribution < 1.29 is 19.0 Å². The smallest absolute Gasteiger partial charge is 0.252 e. The van der Waals surface area contributed by atoms with Crippen molar-refractivity contribution in [2.45, 2.75) is 39.3 Å². The lowest BCUT2D eigenvalue weighted by Gasteiger charge is -2.27. The molecule has 5 heteroatoms. The molecule has 2 heterocycles. The highest BCUT2D eigenvalue weighted by atomic mass is 16.7. The van der Waals surface area contributed by atoms with Crippen molar-refractivity contribution in [2.75, 3.05) is 19.9 Å². The lowest BCUT2D eigenvalue weighted by Crippen LogP contribution is -2.40. The van der Waals surface area contributed by atoms with Gasteiger partial charge in [-0.15, -0.1) is 0 Å². The van der Waals surface area contributed by atoms with Gasteiger partial charge in [0.25, 0.3) is 5.91 Å². The molecule has 120 valence electrons. The van der Waals surface area contributed by atoms with Gasteiger partial charge in [0, 0.05) is 25.3 Å². The maximum atomic E-state index is 12.7. The number of carbonyl (C=O) groups excluding carboxylic acids is 1. The van der Waals surface area contributed by atoms with E-state index in [4.69, 9.17) is 14.2 Å². The molecule has 0 saturated carbocycles. The van der Waals surface area contributed by atoms with Crippen LogP contribution in [0.25, 0.3) is 0 Å². The van der Waals surface area contributed by atoms with Crippen LogP contribution in [0, 0.1) is 5.92 Å². The average Bonchev–Trinajstić information content (AvgIpc) is 3.17. The van der Waals surface area contributed by atoms with Crippen LogP contribution >= 0.6 is 0 Å². The molecule has 0 spiro atoms. The molecule has 2 aliphatic rings. The van der Waals surface area contributed by atoms with Gasteiger partial charge in [-0.3, -0.25) is 4.79 Å². The van der Waals surface area contributed by atoms with Crippen LogP contribution in [0.3, 0.4) is 0 Å². The topological polar surface area (TPSA) is 48.0 Å². The summed E-state index contributed by atoms with van der Waals surface area (Å²) < 4.78 is 16.5. The molecule has 1 amide bonds. The van der Waals surface area contributed by atoms with Crippen molar-refractivity contribution in [1.29, 1.82) is 0 Å². The first-order valence-electron chi connectivity index (χ1n) is 7.93. The number of rotatable bonds is 5. The highest BCUT2D eigenvalue weighted by Crippen LogP contribution is 2.36. The van der Waals surface area contributed by atoms with Gasteiger partial charge in [0.1, 0.15) is 6.10 Å². The third-order valence-electron chi connectivity index (χ3n) is 3.94. The fourth-order valence-electron chi connectivity index (χ4n) is 2.97. The number of nitrogens with zero attached hydrogens (tertiary/aromatic N) is 1. The Balaban J connectivity index is 1.78. The number of para-hydroxylation sites is 1. The van der Waals surface area contributed by atoms with E-state index in [0.29, 0.717) is 25.6 Å². The Bertz CT molecular complexity index is 537. The van der Waals surface area contributed by atoms with Gasteiger partial charge in [-0.05, 0) is 24.8 Å². The van der Waals surface area contributed by atoms with E-state index in [0.717, 1.165) is 29.9 Å². The van der Waals surface area contributed by atoms with Gasteiger partial charge in [-0.2, -0.15) is 0 Å². The number of benzene rings is 1. The molecular formula is C17H23NO4. The summed E-state index contributed by atoms with van der Waals surface area (Å²) in [5, 5.41) is 0. The third-order valence-corrected chi connectivity index (χ3v) is 3.94. The number of amides is 1. The van der Waals surface area contributed by atoms with Crippen LogP contribution in [-0.4, -0.2) is 36.9 Å². The van der Waals surface area contributed by atoms with Crippen LogP contribution < -0.4 is 9.47 Å². The average molecular weight is 305 g/mol. The summed E-state index contributed by atoms with van der Waals surface area (Å²) in [6.07, 6.45) is 1.50. The van der Waals surface area contributed by atoms with Gasteiger partial charge < -0.3 is 19.1 Å². The minimum atomic E-state index is -0.285. The van der Waals surface area contributed by atoms with Gasteiger partial charge in [-0.25, -0.2) is 0 Å². The largest absolute Gasteiger partial charge is 0.454 e. The summed E-state index contributed by atoms with van der Waals surface area (Å²) in [6.45, 7) is 6.40. The standard InChI is InChI=1S/C17H23NO4/c1-12(2)9-18(17(19)15-7-4-8-20-15)10-13-5-3-6-14-16(13)22-11-21-14/h3,5-6,12,15H,4,7-11H2,1-2H3. The predicted octanol–water partition coefficient (Wildman–Crippen LogP) is 2.58. The van der Waals surface area contributed by atoms with Gasteiger partial charge in [0.15, 0.2) is 11.5 Å². The van der Waals surface area contributed by atoms with E-state index in [1.807, 2.05) is 23.1 Å². The summed E-state index contributed by atoms with van der Waals surface area (Å²) in [7, 11) is 0. The van der Waals surface area contributed by atoms with Crippen LogP contribution in [0.2, 0.25) is 0 Å². The van der Waals surface area contributed by atoms with E-state index in [-0.39, 0.29) is 18.8 Å². The first-order valence-corrected chi connectivity index (χ1v) is 7.93. The number of hydrogen-bond donors (Lipinski definition) is 0. The van der Waals surface area contributed by atoms with E-state index >= 15 is 0 Å². The fraction of sp³-hybridized carbons (Fsp3) is 0.588. The summed E-state index contributed by atoms with van der Waals surface area (Å²) in [4.78, 5) is 14.6. The molecule has 0 N–H and O–H groups in total. The molecule has 0 radical (unpaired) electrons. The Kier molecular flexibility index (Phi) is 4.52. The number of fused-ring (bicyclic) bond motifs is 1. The van der Waals surface area contributed by atoms with E-state index in [2.05, 4.69) is 13.8 Å². The molecule has 1 aromatic rings. The third kappa shape index (κ3) is 3.19. The maximum Gasteiger partial charge on any atom is 0.252 e. The quantitative estimate of drug-likeness (QED) is 0.839. The monoisotopic (exact) mass is 305 g/mol. The predicted molar refractivity (Wildman–Crippen MR) is 81.8 cm³/mol. The van der Waals surface area contributed by atoms with Crippen LogP contribution in [0.15, 0.2) is 18.2 Å². The summed E-state index contributed by atoms with van der Waals surface area (Å²) in [5.74, 6) is 2.00. The summed E-state index contributed by atoms with van der Waals surface area (Å²) in [5.41, 5.74) is 0.988. The molecule has 1 fully saturated rings. The molecule has 1 saturated heterocycles. The Hall–Kier alpha value is -1.75. The number of carbonyl (C=O) groups is 1. The van der Waals surface area contributed by atoms with Crippen molar-refractivity contribution in [1.82, 2.24) is 4.90 Å². The molecule has 1 unspecified atom stereocenters. The van der Waals surface area contributed by atoms with Crippen LogP contribution in [0.4, 0.5) is 0 Å². The molecular weight excluding hydrogens is 282 g/mol. The molecule has 2 aliphatic heterocycles. The van der Waals surface area contributed by atoms with Gasteiger partial charge in [0.2, 0.25) is 6.79 Å². The molecule has 22 heavy (non-hydrogen) atoms. The lowest BCUT2D eigenvalue weighted by molar-refractivity contribution is -0.142. The summed E-state index contributed by atoms with van der Waals surface area (Å²) >= 11 is 0. The zero-order valence-corrected chi connectivity index (χ0v) is 13.2. The molecule has 3 rings (SSSR count). The zero-order valence-electron chi connectivity index (χ0n) is 13.2. The van der Waals surface area contributed by atoms with Crippen molar-refractivity contribution in [3.05, 3.63) is 23.8 Å². The van der Waals surface area contributed by atoms with Gasteiger partial charge in [0.05, 0.1) is 0 Å². The van der Waals surface area contributed by atoms with Gasteiger partial charge in [-0.1, -0.05) is 26.0 Å². The second-order valence-corrected chi connectivity index (χ2v) is 6.27. The second kappa shape index (κ2) is 6.57. The van der Waals surface area contributed by atoms with Crippen LogP contribution in [0.1, 0.15) is 32.3 Å². The fourth-order valence-corrected chi connectivity index (χ4v) is 2.97. The SMILES string of the molecule is CC(C)CN(Cc1cccc2c1OCO2)C(=O)C1CCCO1. The number of ether oxygens (including phenoxy) is 3. The van der Waals surface area contributed by atoms with Crippen molar-refractivity contribution in [3.63, 3.8) is 0 Å². The van der Waals surface area contributed by atoms with Gasteiger partial charge >= 0.3 is 0 Å². The Morgan fingerprint density at radius 2 is 2.23 bits per heavy atom. The molecule has 1 atom stereocenters. The highest BCUT2D eigenvalue weighted by molar-refractivity contribution is 5.81. The molecule has 0 aliphatic carbocycles. The van der Waals surface area contributed by atoms with E-state index in [1.54, 1.807) is 0 Å². The minimum Gasteiger partial charge on any atom is -0.454 e. The minimum absolute atomic E-state index is 0.0859. The first kappa shape index (κ1) is 15.2. The molecule has 1 aromatic carbocycles. The molecule has 0 bridgehead atoms. The first-order chi connectivity index (χ1) is 10.6. The lowest BCUT2D eigenvalue weighted by atomic mass is 10.1. The molecule has 0 aromatic heterocycles. The zero-order chi connectivity index (χ0) is 15.5. The Morgan fingerprint density at radius 1 is 1.36 bits per heavy atom. The van der Waals surface area contributed by atoms with Crippen LogP contribution in [-0.2, 0) is 16.1 Å². The van der Waals surface area contributed by atoms with Crippen LogP contribution in [0.5, 0.6) is 11.5 Å². The van der Waals surface area contributed by atoms with Crippen molar-refractivity contribution in [3.8, 4) is 11.5 Å². The van der Waals surface area contributed by atoms with E-state index in [9.17, 15) is 4.79 Å². The van der Waals surface area contributed by atoms with E-state index in [1.165, 1.54) is 0 Å². The van der Waals surface area contributed by atoms with Crippen molar-refractivity contribution in [2.24, 2.45) is 5.92 Å². The molecule has 5 nitrogen and oxygen atoms in total. The second-order valence-electron chi connectivity index (χ2n) is 6.27.